The molecule has 5 nitrogen and oxygen atoms in total. The minimum atomic E-state index is -3.23. The molecular formula is C15H16ClN3O2S. The van der Waals surface area contributed by atoms with Crippen molar-refractivity contribution in [2.45, 2.75) is 18.9 Å². The van der Waals surface area contributed by atoms with Gasteiger partial charge in [0.15, 0.2) is 5.82 Å². The van der Waals surface area contributed by atoms with E-state index in [0.29, 0.717) is 17.4 Å². The Labute approximate surface area is 135 Å². The third-order valence-corrected chi connectivity index (χ3v) is 5.29. The first-order valence-corrected chi connectivity index (χ1v) is 9.23. The third kappa shape index (κ3) is 3.14. The molecule has 0 aliphatic carbocycles. The van der Waals surface area contributed by atoms with Crippen molar-refractivity contribution in [1.82, 2.24) is 14.3 Å². The molecule has 2 heterocycles. The van der Waals surface area contributed by atoms with Gasteiger partial charge in [-0.2, -0.15) is 4.31 Å². The predicted octanol–water partition coefficient (Wildman–Crippen LogP) is 2.89. The molecule has 7 heteroatoms. The molecule has 116 valence electrons. The molecule has 3 rings (SSSR count). The predicted molar refractivity (Wildman–Crippen MR) is 86.0 cm³/mol. The standard InChI is InChI=1S/C15H16ClN3O2S/c1-22(20,21)19-10-2-3-14(19)13-8-9-17-15(18-13)11-4-6-12(16)7-5-11/h4-9,14H,2-3,10H2,1H3/t14-/m1/s1. The Morgan fingerprint density at radius 3 is 2.64 bits per heavy atom. The highest BCUT2D eigenvalue weighted by Gasteiger charge is 2.33. The molecule has 1 atom stereocenters. The maximum Gasteiger partial charge on any atom is 0.211 e. The van der Waals surface area contributed by atoms with Gasteiger partial charge in [0, 0.05) is 23.3 Å². The summed E-state index contributed by atoms with van der Waals surface area (Å²) in [6.45, 7) is 0.545. The molecule has 1 fully saturated rings. The maximum absolute atomic E-state index is 11.9. The smallest absolute Gasteiger partial charge is 0.211 e. The van der Waals surface area contributed by atoms with E-state index < -0.39 is 10.0 Å². The van der Waals surface area contributed by atoms with Gasteiger partial charge in [-0.15, -0.1) is 0 Å². The van der Waals surface area contributed by atoms with Crippen LogP contribution in [0.15, 0.2) is 36.5 Å². The second-order valence-corrected chi connectivity index (χ2v) is 7.72. The van der Waals surface area contributed by atoms with Gasteiger partial charge in [0.2, 0.25) is 10.0 Å². The average Bonchev–Trinajstić information content (AvgIpc) is 2.98. The summed E-state index contributed by atoms with van der Waals surface area (Å²) in [5.41, 5.74) is 1.60. The minimum absolute atomic E-state index is 0.205. The second kappa shape index (κ2) is 5.95. The first kappa shape index (κ1) is 15.4. The van der Waals surface area contributed by atoms with E-state index in [1.54, 1.807) is 24.4 Å². The summed E-state index contributed by atoms with van der Waals surface area (Å²) in [5, 5.41) is 0.652. The van der Waals surface area contributed by atoms with Crippen LogP contribution in [0.3, 0.4) is 0 Å². The van der Waals surface area contributed by atoms with Crippen molar-refractivity contribution in [2.75, 3.05) is 12.8 Å². The lowest BCUT2D eigenvalue weighted by Crippen LogP contribution is -2.30. The number of hydrogen-bond donors (Lipinski definition) is 0. The second-order valence-electron chi connectivity index (χ2n) is 5.34. The molecule has 1 aromatic heterocycles. The molecule has 1 aliphatic heterocycles. The van der Waals surface area contributed by atoms with Crippen molar-refractivity contribution in [1.29, 1.82) is 0 Å². The van der Waals surface area contributed by atoms with E-state index in [9.17, 15) is 8.42 Å². The van der Waals surface area contributed by atoms with Crippen molar-refractivity contribution >= 4 is 21.6 Å². The van der Waals surface area contributed by atoms with Gasteiger partial charge in [-0.05, 0) is 43.2 Å². The zero-order valence-electron chi connectivity index (χ0n) is 12.1. The first-order valence-electron chi connectivity index (χ1n) is 7.01. The van der Waals surface area contributed by atoms with Crippen molar-refractivity contribution in [2.24, 2.45) is 0 Å². The zero-order chi connectivity index (χ0) is 15.7. The molecule has 0 radical (unpaired) electrons. The SMILES string of the molecule is CS(=O)(=O)N1CCC[C@@H]1c1ccnc(-c2ccc(Cl)cc2)n1. The summed E-state index contributed by atoms with van der Waals surface area (Å²) < 4.78 is 25.3. The topological polar surface area (TPSA) is 63.2 Å². The van der Waals surface area contributed by atoms with Gasteiger partial charge in [0.25, 0.3) is 0 Å². The minimum Gasteiger partial charge on any atom is -0.237 e. The van der Waals surface area contributed by atoms with Crippen molar-refractivity contribution in [3.05, 3.63) is 47.2 Å². The number of nitrogens with zero attached hydrogens (tertiary/aromatic N) is 3. The summed E-state index contributed by atoms with van der Waals surface area (Å²) in [4.78, 5) is 8.83. The molecule has 2 aromatic rings. The van der Waals surface area contributed by atoms with Crippen LogP contribution in [-0.4, -0.2) is 35.5 Å². The van der Waals surface area contributed by atoms with Crippen molar-refractivity contribution in [3.63, 3.8) is 0 Å². The van der Waals surface area contributed by atoms with Gasteiger partial charge in [0.1, 0.15) is 0 Å². The Hall–Kier alpha value is -1.50. The lowest BCUT2D eigenvalue weighted by Gasteiger charge is -2.21. The largest absolute Gasteiger partial charge is 0.237 e. The lowest BCUT2D eigenvalue weighted by atomic mass is 10.1. The quantitative estimate of drug-likeness (QED) is 0.864. The van der Waals surface area contributed by atoms with Gasteiger partial charge in [0.05, 0.1) is 18.0 Å². The maximum atomic E-state index is 11.9. The fraction of sp³-hybridized carbons (Fsp3) is 0.333. The van der Waals surface area contributed by atoms with Crippen LogP contribution in [0, 0.1) is 0 Å². The monoisotopic (exact) mass is 337 g/mol. The van der Waals surface area contributed by atoms with E-state index in [2.05, 4.69) is 9.97 Å². The van der Waals surface area contributed by atoms with E-state index in [4.69, 9.17) is 11.6 Å². The van der Waals surface area contributed by atoms with Gasteiger partial charge in [-0.1, -0.05) is 11.6 Å². The zero-order valence-corrected chi connectivity index (χ0v) is 13.7. The highest BCUT2D eigenvalue weighted by Crippen LogP contribution is 2.33. The Bertz CT molecular complexity index is 778. The summed E-state index contributed by atoms with van der Waals surface area (Å²) in [5.74, 6) is 0.578. The van der Waals surface area contributed by atoms with E-state index in [1.165, 1.54) is 10.6 Å². The molecule has 1 saturated heterocycles. The van der Waals surface area contributed by atoms with Crippen LogP contribution in [0.5, 0.6) is 0 Å². The molecule has 0 amide bonds. The van der Waals surface area contributed by atoms with E-state index >= 15 is 0 Å². The van der Waals surface area contributed by atoms with Gasteiger partial charge in [-0.3, -0.25) is 0 Å². The molecule has 0 unspecified atom stereocenters. The fourth-order valence-corrected chi connectivity index (χ4v) is 3.99. The molecule has 0 bridgehead atoms. The number of hydrogen-bond acceptors (Lipinski definition) is 4. The summed E-state index contributed by atoms with van der Waals surface area (Å²) in [7, 11) is -3.23. The lowest BCUT2D eigenvalue weighted by molar-refractivity contribution is 0.394. The molecule has 22 heavy (non-hydrogen) atoms. The van der Waals surface area contributed by atoms with Crippen LogP contribution >= 0.6 is 11.6 Å². The van der Waals surface area contributed by atoms with Gasteiger partial charge < -0.3 is 0 Å². The molecule has 1 aromatic carbocycles. The highest BCUT2D eigenvalue weighted by molar-refractivity contribution is 7.88. The Morgan fingerprint density at radius 1 is 1.23 bits per heavy atom. The van der Waals surface area contributed by atoms with Gasteiger partial charge >= 0.3 is 0 Å². The Kier molecular flexibility index (Phi) is 4.16. The van der Waals surface area contributed by atoms with Crippen LogP contribution in [0.2, 0.25) is 5.02 Å². The Balaban J connectivity index is 1.96. The van der Waals surface area contributed by atoms with Crippen LogP contribution in [0.25, 0.3) is 11.4 Å². The number of halogens is 1. The molecule has 0 saturated carbocycles. The molecule has 0 spiro atoms. The number of rotatable bonds is 3. The molecular weight excluding hydrogens is 322 g/mol. The first-order chi connectivity index (χ1) is 10.4. The molecule has 1 aliphatic rings. The average molecular weight is 338 g/mol. The van der Waals surface area contributed by atoms with E-state index in [-0.39, 0.29) is 6.04 Å². The van der Waals surface area contributed by atoms with Crippen LogP contribution in [0.4, 0.5) is 0 Å². The van der Waals surface area contributed by atoms with Crippen molar-refractivity contribution in [3.8, 4) is 11.4 Å². The van der Waals surface area contributed by atoms with Crippen LogP contribution < -0.4 is 0 Å². The number of aromatic nitrogens is 2. The van der Waals surface area contributed by atoms with Gasteiger partial charge in [-0.25, -0.2) is 18.4 Å². The number of benzene rings is 1. The Morgan fingerprint density at radius 2 is 1.95 bits per heavy atom. The van der Waals surface area contributed by atoms with Crippen LogP contribution in [0.1, 0.15) is 24.6 Å². The normalized spacial score (nSPS) is 19.5. The fourth-order valence-electron chi connectivity index (χ4n) is 2.73. The van der Waals surface area contributed by atoms with E-state index in [1.807, 2.05) is 12.1 Å². The third-order valence-electron chi connectivity index (χ3n) is 3.75. The summed E-state index contributed by atoms with van der Waals surface area (Å²) >= 11 is 5.89. The molecule has 0 N–H and O–H groups in total. The summed E-state index contributed by atoms with van der Waals surface area (Å²) in [6.07, 6.45) is 4.54. The van der Waals surface area contributed by atoms with Crippen molar-refractivity contribution < 1.29 is 8.42 Å². The van der Waals surface area contributed by atoms with E-state index in [0.717, 1.165) is 24.1 Å². The van der Waals surface area contributed by atoms with Crippen LogP contribution in [-0.2, 0) is 10.0 Å². The number of sulfonamides is 1. The highest BCUT2D eigenvalue weighted by atomic mass is 35.5. The summed E-state index contributed by atoms with van der Waals surface area (Å²) in [6, 6.07) is 8.85.